The number of pyridine rings is 2. The second kappa shape index (κ2) is 5.88. The Hall–Kier alpha value is -3.03. The number of hydrogen-bond donors (Lipinski definition) is 1. The van der Waals surface area contributed by atoms with Gasteiger partial charge in [0.2, 0.25) is 0 Å². The molecule has 0 aliphatic heterocycles. The lowest BCUT2D eigenvalue weighted by atomic mass is 10.1. The van der Waals surface area contributed by atoms with Crippen LogP contribution in [-0.4, -0.2) is 23.4 Å². The van der Waals surface area contributed by atoms with Gasteiger partial charge in [0.15, 0.2) is 11.5 Å². The smallest absolute Gasteiger partial charge is 0.493 e. The Morgan fingerprint density at radius 1 is 1.12 bits per heavy atom. The molecule has 0 unspecified atom stereocenters. The van der Waals surface area contributed by atoms with Gasteiger partial charge in [-0.05, 0) is 36.4 Å². The molecule has 0 aliphatic carbocycles. The molecule has 3 aromatic rings. The molecule has 1 aromatic carbocycles. The zero-order valence-electron chi connectivity index (χ0n) is 12.3. The Kier molecular flexibility index (Phi) is 3.88. The third-order valence-electron chi connectivity index (χ3n) is 3.31. The van der Waals surface area contributed by atoms with E-state index in [-0.39, 0.29) is 11.3 Å². The Balaban J connectivity index is 2.08. The van der Waals surface area contributed by atoms with Crippen molar-refractivity contribution < 1.29 is 22.6 Å². The lowest BCUT2D eigenvalue weighted by molar-refractivity contribution is -0.275. The summed E-state index contributed by atoms with van der Waals surface area (Å²) < 4.78 is 46.0. The summed E-state index contributed by atoms with van der Waals surface area (Å²) in [5.41, 5.74) is 1.00. The van der Waals surface area contributed by atoms with E-state index in [1.165, 1.54) is 19.2 Å². The molecule has 0 amide bonds. The van der Waals surface area contributed by atoms with Crippen molar-refractivity contribution in [2.75, 3.05) is 7.11 Å². The van der Waals surface area contributed by atoms with Gasteiger partial charge in [-0.25, -0.2) is 0 Å². The van der Waals surface area contributed by atoms with E-state index in [4.69, 9.17) is 4.74 Å². The summed E-state index contributed by atoms with van der Waals surface area (Å²) in [4.78, 5) is 18.9. The molecule has 8 heteroatoms. The molecule has 0 aliphatic rings. The van der Waals surface area contributed by atoms with Gasteiger partial charge >= 0.3 is 6.36 Å². The molecule has 24 heavy (non-hydrogen) atoms. The standard InChI is InChI=1S/C16H11F3N2O3/c1-23-14-7-9(4-5-13(14)24-16(17,18)19)11-8-12-10(15(22)21-11)3-2-6-20-12/h2-8H,1H3,(H,21,22). The number of benzene rings is 1. The highest BCUT2D eigenvalue weighted by Crippen LogP contribution is 2.35. The lowest BCUT2D eigenvalue weighted by Gasteiger charge is -2.13. The lowest BCUT2D eigenvalue weighted by Crippen LogP contribution is -2.17. The average Bonchev–Trinajstić information content (AvgIpc) is 2.54. The summed E-state index contributed by atoms with van der Waals surface area (Å²) in [6.45, 7) is 0. The fraction of sp³-hybridized carbons (Fsp3) is 0.125. The zero-order chi connectivity index (χ0) is 17.3. The highest BCUT2D eigenvalue weighted by atomic mass is 19.4. The molecule has 0 saturated heterocycles. The SMILES string of the molecule is COc1cc(-c2cc3ncccc3c(=O)[nH]2)ccc1OC(F)(F)F. The molecule has 0 saturated carbocycles. The van der Waals surface area contributed by atoms with E-state index < -0.39 is 12.1 Å². The monoisotopic (exact) mass is 336 g/mol. The predicted molar refractivity (Wildman–Crippen MR) is 81.0 cm³/mol. The molecule has 124 valence electrons. The van der Waals surface area contributed by atoms with Crippen molar-refractivity contribution in [3.8, 4) is 22.8 Å². The van der Waals surface area contributed by atoms with Crippen LogP contribution < -0.4 is 15.0 Å². The first-order valence-electron chi connectivity index (χ1n) is 6.79. The average molecular weight is 336 g/mol. The largest absolute Gasteiger partial charge is 0.573 e. The number of nitrogens with one attached hydrogen (secondary N) is 1. The van der Waals surface area contributed by atoms with Crippen LogP contribution in [0.1, 0.15) is 0 Å². The number of aromatic amines is 1. The van der Waals surface area contributed by atoms with Crippen LogP contribution in [0.5, 0.6) is 11.5 Å². The number of halogens is 3. The maximum atomic E-state index is 12.4. The summed E-state index contributed by atoms with van der Waals surface area (Å²) in [7, 11) is 1.23. The molecule has 0 fully saturated rings. The van der Waals surface area contributed by atoms with Gasteiger partial charge in [0.05, 0.1) is 23.7 Å². The van der Waals surface area contributed by atoms with Gasteiger partial charge in [-0.15, -0.1) is 13.2 Å². The number of hydrogen-bond acceptors (Lipinski definition) is 4. The van der Waals surface area contributed by atoms with Crippen LogP contribution in [0, 0.1) is 0 Å². The molecule has 3 rings (SSSR count). The van der Waals surface area contributed by atoms with Gasteiger partial charge in [-0.2, -0.15) is 0 Å². The highest BCUT2D eigenvalue weighted by Gasteiger charge is 2.32. The topological polar surface area (TPSA) is 64.2 Å². The van der Waals surface area contributed by atoms with Gasteiger partial charge in [-0.3, -0.25) is 9.78 Å². The van der Waals surface area contributed by atoms with Crippen molar-refractivity contribution in [2.24, 2.45) is 0 Å². The van der Waals surface area contributed by atoms with Crippen molar-refractivity contribution in [1.82, 2.24) is 9.97 Å². The third kappa shape index (κ3) is 3.17. The molecule has 1 N–H and O–H groups in total. The molecule has 5 nitrogen and oxygen atoms in total. The number of fused-ring (bicyclic) bond motifs is 1. The number of methoxy groups -OCH3 is 1. The Morgan fingerprint density at radius 2 is 1.92 bits per heavy atom. The summed E-state index contributed by atoms with van der Waals surface area (Å²) in [6, 6.07) is 8.78. The minimum Gasteiger partial charge on any atom is -0.493 e. The molecule has 0 bridgehead atoms. The third-order valence-corrected chi connectivity index (χ3v) is 3.31. The summed E-state index contributed by atoms with van der Waals surface area (Å²) in [6.07, 6.45) is -3.28. The van der Waals surface area contributed by atoms with E-state index in [1.54, 1.807) is 24.4 Å². The van der Waals surface area contributed by atoms with Crippen molar-refractivity contribution >= 4 is 10.9 Å². The first-order chi connectivity index (χ1) is 11.4. The van der Waals surface area contributed by atoms with Crippen LogP contribution in [0.2, 0.25) is 0 Å². The Morgan fingerprint density at radius 3 is 2.62 bits per heavy atom. The first-order valence-corrected chi connectivity index (χ1v) is 6.79. The quantitative estimate of drug-likeness (QED) is 0.795. The summed E-state index contributed by atoms with van der Waals surface area (Å²) >= 11 is 0. The molecule has 2 aromatic heterocycles. The van der Waals surface area contributed by atoms with E-state index >= 15 is 0 Å². The predicted octanol–water partition coefficient (Wildman–Crippen LogP) is 3.50. The number of rotatable bonds is 3. The number of H-pyrrole nitrogens is 1. The van der Waals surface area contributed by atoms with Gasteiger partial charge in [0, 0.05) is 11.8 Å². The molecule has 2 heterocycles. The fourth-order valence-electron chi connectivity index (χ4n) is 2.29. The number of alkyl halides is 3. The minimum absolute atomic E-state index is 0.105. The van der Waals surface area contributed by atoms with E-state index in [1.807, 2.05) is 0 Å². The van der Waals surface area contributed by atoms with E-state index in [0.717, 1.165) is 6.07 Å². The Bertz CT molecular complexity index is 951. The van der Waals surface area contributed by atoms with Gasteiger partial charge in [0.25, 0.3) is 5.56 Å². The molecular weight excluding hydrogens is 325 g/mol. The van der Waals surface area contributed by atoms with E-state index in [9.17, 15) is 18.0 Å². The van der Waals surface area contributed by atoms with Crippen LogP contribution in [0.4, 0.5) is 13.2 Å². The van der Waals surface area contributed by atoms with Crippen LogP contribution in [0.3, 0.4) is 0 Å². The second-order valence-corrected chi connectivity index (χ2v) is 4.86. The van der Waals surface area contributed by atoms with Gasteiger partial charge in [0.1, 0.15) is 0 Å². The first kappa shape index (κ1) is 15.9. The Labute approximate surface area is 133 Å². The number of ether oxygens (including phenoxy) is 2. The number of nitrogens with zero attached hydrogens (tertiary/aromatic N) is 1. The van der Waals surface area contributed by atoms with Gasteiger partial charge < -0.3 is 14.5 Å². The molecule has 0 atom stereocenters. The molecule has 0 radical (unpaired) electrons. The fourth-order valence-corrected chi connectivity index (χ4v) is 2.29. The maximum absolute atomic E-state index is 12.4. The van der Waals surface area contributed by atoms with Crippen molar-refractivity contribution in [3.63, 3.8) is 0 Å². The molecule has 0 spiro atoms. The minimum atomic E-state index is -4.82. The number of aromatic nitrogens is 2. The van der Waals surface area contributed by atoms with Crippen LogP contribution >= 0.6 is 0 Å². The van der Waals surface area contributed by atoms with E-state index in [2.05, 4.69) is 14.7 Å². The zero-order valence-corrected chi connectivity index (χ0v) is 12.3. The van der Waals surface area contributed by atoms with Crippen molar-refractivity contribution in [2.45, 2.75) is 6.36 Å². The summed E-state index contributed by atoms with van der Waals surface area (Å²) in [5, 5.41) is 0.422. The highest BCUT2D eigenvalue weighted by molar-refractivity contribution is 5.81. The second-order valence-electron chi connectivity index (χ2n) is 4.86. The molecular formula is C16H11F3N2O3. The van der Waals surface area contributed by atoms with Crippen molar-refractivity contribution in [3.05, 3.63) is 52.9 Å². The van der Waals surface area contributed by atoms with Gasteiger partial charge in [-0.1, -0.05) is 0 Å². The van der Waals surface area contributed by atoms with Crippen LogP contribution in [0.15, 0.2) is 47.4 Å². The van der Waals surface area contributed by atoms with E-state index in [0.29, 0.717) is 22.2 Å². The van der Waals surface area contributed by atoms with Crippen LogP contribution in [-0.2, 0) is 0 Å². The maximum Gasteiger partial charge on any atom is 0.573 e. The van der Waals surface area contributed by atoms with Crippen molar-refractivity contribution in [1.29, 1.82) is 0 Å². The van der Waals surface area contributed by atoms with Crippen LogP contribution in [0.25, 0.3) is 22.2 Å². The normalized spacial score (nSPS) is 11.5. The summed E-state index contributed by atoms with van der Waals surface area (Å²) in [5.74, 6) is -0.568.